The fraction of sp³-hybridized carbons (Fsp3) is 0.381. The number of nitrogens with zero attached hydrogens (tertiary/aromatic N) is 1. The topological polar surface area (TPSA) is 58.0 Å². The zero-order valence-electron chi connectivity index (χ0n) is 16.4. The predicted octanol–water partition coefficient (Wildman–Crippen LogP) is 2.18. The number of carbonyl (C=O) groups excluding carboxylic acids is 1. The van der Waals surface area contributed by atoms with Gasteiger partial charge in [0.05, 0.1) is 46.4 Å². The van der Waals surface area contributed by atoms with Gasteiger partial charge in [-0.25, -0.2) is 4.79 Å². The summed E-state index contributed by atoms with van der Waals surface area (Å²) in [7, 11) is 1.63. The molecule has 0 aliphatic carbocycles. The number of urea groups is 1. The van der Waals surface area contributed by atoms with E-state index in [1.165, 1.54) is 10.6 Å². The van der Waals surface area contributed by atoms with E-state index in [1.54, 1.807) is 7.11 Å². The number of nitrogens with one attached hydrogen (secondary N) is 3. The van der Waals surface area contributed by atoms with Crippen LogP contribution in [-0.4, -0.2) is 52.4 Å². The van der Waals surface area contributed by atoms with Crippen LogP contribution in [0.15, 0.2) is 42.5 Å². The Morgan fingerprint density at radius 3 is 2.57 bits per heavy atom. The average molecular weight is 404 g/mol. The average Bonchev–Trinajstić information content (AvgIpc) is 2.70. The maximum absolute atomic E-state index is 12.1. The van der Waals surface area contributed by atoms with Crippen molar-refractivity contribution in [2.45, 2.75) is 6.92 Å². The minimum Gasteiger partial charge on any atom is -0.496 e. The van der Waals surface area contributed by atoms with Crippen molar-refractivity contribution in [2.75, 3.05) is 56.6 Å². The van der Waals surface area contributed by atoms with Crippen LogP contribution in [0, 0.1) is 6.92 Å². The van der Waals surface area contributed by atoms with Gasteiger partial charge in [-0.05, 0) is 42.8 Å². The molecular weight excluding hydrogens is 376 g/mol. The summed E-state index contributed by atoms with van der Waals surface area (Å²) in [5.74, 6) is 0.765. The highest BCUT2D eigenvalue weighted by Gasteiger charge is 2.20. The van der Waals surface area contributed by atoms with Crippen molar-refractivity contribution >= 4 is 29.0 Å². The van der Waals surface area contributed by atoms with Crippen molar-refractivity contribution in [3.63, 3.8) is 0 Å². The summed E-state index contributed by atoms with van der Waals surface area (Å²) in [6.45, 7) is 7.66. The number of anilines is 2. The lowest BCUT2D eigenvalue weighted by Crippen LogP contribution is -3.15. The Hall–Kier alpha value is -2.44. The van der Waals surface area contributed by atoms with Gasteiger partial charge in [-0.15, -0.1) is 0 Å². The van der Waals surface area contributed by atoms with Gasteiger partial charge in [0.15, 0.2) is 0 Å². The van der Waals surface area contributed by atoms with Gasteiger partial charge in [-0.2, -0.15) is 0 Å². The van der Waals surface area contributed by atoms with Crippen LogP contribution in [0.1, 0.15) is 5.56 Å². The Balaban J connectivity index is 1.37. The van der Waals surface area contributed by atoms with Gasteiger partial charge >= 0.3 is 6.03 Å². The van der Waals surface area contributed by atoms with Gasteiger partial charge in [0.25, 0.3) is 0 Å². The molecule has 3 N–H and O–H groups in total. The lowest BCUT2D eigenvalue weighted by Gasteiger charge is -2.33. The van der Waals surface area contributed by atoms with Crippen molar-refractivity contribution in [3.05, 3.63) is 53.1 Å². The van der Waals surface area contributed by atoms with Crippen LogP contribution >= 0.6 is 11.6 Å². The van der Waals surface area contributed by atoms with Crippen LogP contribution in [0.5, 0.6) is 5.75 Å². The zero-order valence-corrected chi connectivity index (χ0v) is 17.2. The minimum atomic E-state index is -0.190. The Kier molecular flexibility index (Phi) is 7.01. The molecule has 0 radical (unpaired) electrons. The molecule has 0 unspecified atom stereocenters. The van der Waals surface area contributed by atoms with Gasteiger partial charge in [-0.1, -0.05) is 17.7 Å². The van der Waals surface area contributed by atoms with Gasteiger partial charge < -0.3 is 25.2 Å². The molecule has 150 valence electrons. The van der Waals surface area contributed by atoms with Crippen molar-refractivity contribution in [1.29, 1.82) is 0 Å². The lowest BCUT2D eigenvalue weighted by molar-refractivity contribution is -0.899. The van der Waals surface area contributed by atoms with Crippen LogP contribution in [0.3, 0.4) is 0 Å². The van der Waals surface area contributed by atoms with Gasteiger partial charge in [0, 0.05) is 22.5 Å². The third kappa shape index (κ3) is 5.53. The lowest BCUT2D eigenvalue weighted by atomic mass is 10.2. The first kappa shape index (κ1) is 20.3. The Labute approximate surface area is 171 Å². The van der Waals surface area contributed by atoms with Crippen molar-refractivity contribution in [2.24, 2.45) is 0 Å². The number of methoxy groups -OCH3 is 1. The number of rotatable bonds is 6. The second-order valence-corrected chi connectivity index (χ2v) is 7.47. The fourth-order valence-corrected chi connectivity index (χ4v) is 3.53. The second kappa shape index (κ2) is 9.66. The molecule has 0 atom stereocenters. The van der Waals surface area contributed by atoms with Crippen molar-refractivity contribution < 1.29 is 14.4 Å². The quantitative estimate of drug-likeness (QED) is 0.693. The first-order chi connectivity index (χ1) is 13.5. The molecule has 3 rings (SSSR count). The maximum Gasteiger partial charge on any atom is 0.319 e. The highest BCUT2D eigenvalue weighted by molar-refractivity contribution is 6.30. The molecule has 1 aliphatic heterocycles. The Morgan fingerprint density at radius 1 is 1.18 bits per heavy atom. The molecule has 2 aromatic rings. The predicted molar refractivity (Wildman–Crippen MR) is 114 cm³/mol. The number of piperazine rings is 1. The molecule has 1 fully saturated rings. The van der Waals surface area contributed by atoms with E-state index in [2.05, 4.69) is 27.7 Å². The molecule has 28 heavy (non-hydrogen) atoms. The summed E-state index contributed by atoms with van der Waals surface area (Å²) in [5, 5.41) is 6.56. The molecule has 7 heteroatoms. The SMILES string of the molecule is COc1cc(NC(=O)NCC[NH+]2CCN(c3ccc(Cl)cc3)CC2)ccc1C. The number of aryl methyl sites for hydroxylation is 1. The zero-order chi connectivity index (χ0) is 19.9. The van der Waals surface area contributed by atoms with Gasteiger partial charge in [-0.3, -0.25) is 0 Å². The monoisotopic (exact) mass is 403 g/mol. The molecule has 0 bridgehead atoms. The molecule has 2 amide bonds. The van der Waals surface area contributed by atoms with E-state index in [4.69, 9.17) is 16.3 Å². The van der Waals surface area contributed by atoms with Crippen LogP contribution in [0.4, 0.5) is 16.2 Å². The molecule has 6 nitrogen and oxygen atoms in total. The van der Waals surface area contributed by atoms with E-state index in [0.717, 1.165) is 54.7 Å². The van der Waals surface area contributed by atoms with E-state index in [-0.39, 0.29) is 6.03 Å². The van der Waals surface area contributed by atoms with E-state index in [0.29, 0.717) is 6.54 Å². The van der Waals surface area contributed by atoms with Crippen molar-refractivity contribution in [1.82, 2.24) is 5.32 Å². The summed E-state index contributed by atoms with van der Waals surface area (Å²) in [6, 6.07) is 13.4. The molecular formula is C21H28ClN4O2+. The number of hydrogen-bond donors (Lipinski definition) is 3. The normalized spacial score (nSPS) is 14.6. The molecule has 2 aromatic carbocycles. The molecule has 0 aromatic heterocycles. The Bertz CT molecular complexity index is 789. The number of benzene rings is 2. The number of carbonyl (C=O) groups is 1. The van der Waals surface area contributed by atoms with E-state index in [9.17, 15) is 4.79 Å². The minimum absolute atomic E-state index is 0.190. The van der Waals surface area contributed by atoms with Crippen molar-refractivity contribution in [3.8, 4) is 5.75 Å². The van der Waals surface area contributed by atoms with E-state index >= 15 is 0 Å². The molecule has 1 saturated heterocycles. The largest absolute Gasteiger partial charge is 0.496 e. The molecule has 0 spiro atoms. The maximum atomic E-state index is 12.1. The summed E-state index contributed by atoms with van der Waals surface area (Å²) in [4.78, 5) is 16.0. The van der Waals surface area contributed by atoms with Gasteiger partial charge in [0.1, 0.15) is 5.75 Å². The number of halogens is 1. The summed E-state index contributed by atoms with van der Waals surface area (Å²) in [5.41, 5.74) is 2.98. The van der Waals surface area contributed by atoms with E-state index < -0.39 is 0 Å². The summed E-state index contributed by atoms with van der Waals surface area (Å²) in [6.07, 6.45) is 0. The Morgan fingerprint density at radius 2 is 1.89 bits per heavy atom. The first-order valence-electron chi connectivity index (χ1n) is 9.59. The third-order valence-electron chi connectivity index (χ3n) is 5.09. The second-order valence-electron chi connectivity index (χ2n) is 7.03. The molecule has 0 saturated carbocycles. The van der Waals surface area contributed by atoms with Crippen LogP contribution in [-0.2, 0) is 0 Å². The number of amides is 2. The summed E-state index contributed by atoms with van der Waals surface area (Å²) < 4.78 is 5.29. The third-order valence-corrected chi connectivity index (χ3v) is 5.34. The first-order valence-corrected chi connectivity index (χ1v) is 9.96. The van der Waals surface area contributed by atoms with Gasteiger partial charge in [0.2, 0.25) is 0 Å². The fourth-order valence-electron chi connectivity index (χ4n) is 3.41. The van der Waals surface area contributed by atoms with Crippen LogP contribution < -0.4 is 25.2 Å². The standard InChI is InChI=1S/C21H27ClN4O2/c1-16-3-6-18(15-20(16)28-2)24-21(27)23-9-10-25-11-13-26(14-12-25)19-7-4-17(22)5-8-19/h3-8,15H,9-14H2,1-2H3,(H2,23,24,27)/p+1. The molecule has 1 heterocycles. The highest BCUT2D eigenvalue weighted by atomic mass is 35.5. The highest BCUT2D eigenvalue weighted by Crippen LogP contribution is 2.22. The summed E-state index contributed by atoms with van der Waals surface area (Å²) >= 11 is 5.96. The smallest absolute Gasteiger partial charge is 0.319 e. The number of hydrogen-bond acceptors (Lipinski definition) is 3. The van der Waals surface area contributed by atoms with Crippen LogP contribution in [0.25, 0.3) is 0 Å². The van der Waals surface area contributed by atoms with Crippen LogP contribution in [0.2, 0.25) is 5.02 Å². The molecule has 1 aliphatic rings. The number of quaternary nitrogens is 1. The van der Waals surface area contributed by atoms with E-state index in [1.807, 2.05) is 37.3 Å². The number of ether oxygens (including phenoxy) is 1.